The van der Waals surface area contributed by atoms with Gasteiger partial charge in [-0.15, -0.1) is 0 Å². The Morgan fingerprint density at radius 3 is 2.36 bits per heavy atom. The molecule has 2 N–H and O–H groups in total. The molecular weight excluding hydrogens is 438 g/mol. The number of hydrogen-bond acceptors (Lipinski definition) is 6. The van der Waals surface area contributed by atoms with E-state index in [0.29, 0.717) is 12.2 Å². The summed E-state index contributed by atoms with van der Waals surface area (Å²) in [5, 5.41) is 13.7. The minimum atomic E-state index is -3.03. The molecule has 12 heteroatoms. The number of rotatable bonds is 9. The molecule has 33 heavy (non-hydrogen) atoms. The number of aryl methyl sites for hydroxylation is 2. The van der Waals surface area contributed by atoms with Crippen LogP contribution in [0.4, 0.5) is 20.2 Å². The third-order valence-corrected chi connectivity index (χ3v) is 4.81. The fourth-order valence-electron chi connectivity index (χ4n) is 3.06. The van der Waals surface area contributed by atoms with E-state index in [9.17, 15) is 18.4 Å². The number of carbonyl (C=O) groups is 2. The molecule has 2 amide bonds. The normalized spacial score (nSPS) is 10.9. The van der Waals surface area contributed by atoms with Gasteiger partial charge in [-0.2, -0.15) is 19.0 Å². The lowest BCUT2D eigenvalue weighted by molar-refractivity contribution is -0.0514. The molecule has 176 valence electrons. The van der Waals surface area contributed by atoms with Crippen molar-refractivity contribution >= 4 is 23.2 Å². The largest absolute Gasteiger partial charge is 0.490 e. The van der Waals surface area contributed by atoms with Crippen LogP contribution >= 0.6 is 0 Å². The molecule has 0 spiro atoms. The van der Waals surface area contributed by atoms with Crippen molar-refractivity contribution in [2.45, 2.75) is 33.9 Å². The van der Waals surface area contributed by atoms with E-state index in [2.05, 4.69) is 25.6 Å². The van der Waals surface area contributed by atoms with Gasteiger partial charge in [-0.05, 0) is 39.0 Å². The highest BCUT2D eigenvalue weighted by molar-refractivity contribution is 6.11. The summed E-state index contributed by atoms with van der Waals surface area (Å²) >= 11 is 0. The third kappa shape index (κ3) is 5.27. The monoisotopic (exact) mass is 462 g/mol. The molecule has 2 aromatic heterocycles. The molecule has 0 radical (unpaired) electrons. The molecule has 0 aliphatic rings. The smallest absolute Gasteiger partial charge is 0.387 e. The number of nitrogens with one attached hydrogen (secondary N) is 2. The van der Waals surface area contributed by atoms with Gasteiger partial charge in [0.2, 0.25) is 0 Å². The maximum absolute atomic E-state index is 13.0. The molecule has 0 bridgehead atoms. The number of halogens is 2. The van der Waals surface area contributed by atoms with Crippen LogP contribution in [0, 0.1) is 6.92 Å². The minimum Gasteiger partial charge on any atom is -0.490 e. The van der Waals surface area contributed by atoms with Crippen LogP contribution in [0.5, 0.6) is 11.5 Å². The molecule has 2 heterocycles. The standard InChI is InChI=1S/C21H24F2N6O4/c1-5-29-18(20(31)26-14-10-24-28(4)12(14)3)15(11-25-29)27-19(30)13-7-8-16(33-21(22)23)17(9-13)32-6-2/h7-11,21H,5-6H2,1-4H3,(H,26,31)(H,27,30). The van der Waals surface area contributed by atoms with Gasteiger partial charge < -0.3 is 20.1 Å². The quantitative estimate of drug-likeness (QED) is 0.504. The first kappa shape index (κ1) is 23.7. The zero-order chi connectivity index (χ0) is 24.1. The summed E-state index contributed by atoms with van der Waals surface area (Å²) < 4.78 is 38.0. The molecule has 0 atom stereocenters. The Bertz CT molecular complexity index is 1160. The van der Waals surface area contributed by atoms with E-state index in [1.165, 1.54) is 35.3 Å². The van der Waals surface area contributed by atoms with E-state index in [-0.39, 0.29) is 35.1 Å². The maximum atomic E-state index is 13.0. The lowest BCUT2D eigenvalue weighted by Crippen LogP contribution is -2.21. The first-order valence-electron chi connectivity index (χ1n) is 10.1. The number of benzene rings is 1. The van der Waals surface area contributed by atoms with E-state index < -0.39 is 18.4 Å². The first-order chi connectivity index (χ1) is 15.7. The molecular formula is C21H24F2N6O4. The zero-order valence-corrected chi connectivity index (χ0v) is 18.6. The fraction of sp³-hybridized carbons (Fsp3) is 0.333. The van der Waals surface area contributed by atoms with Crippen molar-refractivity contribution in [2.75, 3.05) is 17.2 Å². The number of amides is 2. The molecule has 0 unspecified atom stereocenters. The van der Waals surface area contributed by atoms with Crippen molar-refractivity contribution in [3.05, 3.63) is 47.5 Å². The third-order valence-electron chi connectivity index (χ3n) is 4.81. The van der Waals surface area contributed by atoms with Crippen molar-refractivity contribution < 1.29 is 27.8 Å². The summed E-state index contributed by atoms with van der Waals surface area (Å²) in [7, 11) is 1.75. The van der Waals surface area contributed by atoms with Gasteiger partial charge in [0.25, 0.3) is 11.8 Å². The fourth-order valence-corrected chi connectivity index (χ4v) is 3.06. The van der Waals surface area contributed by atoms with Crippen molar-refractivity contribution in [3.8, 4) is 11.5 Å². The summed E-state index contributed by atoms with van der Waals surface area (Å²) in [5.74, 6) is -1.24. The first-order valence-corrected chi connectivity index (χ1v) is 10.1. The number of nitrogens with zero attached hydrogens (tertiary/aromatic N) is 4. The number of alkyl halides is 2. The second-order valence-corrected chi connectivity index (χ2v) is 6.87. The van der Waals surface area contributed by atoms with Crippen molar-refractivity contribution in [1.82, 2.24) is 19.6 Å². The summed E-state index contributed by atoms with van der Waals surface area (Å²) in [5.41, 5.74) is 1.74. The molecule has 0 saturated carbocycles. The van der Waals surface area contributed by atoms with E-state index in [1.54, 1.807) is 32.5 Å². The van der Waals surface area contributed by atoms with Gasteiger partial charge in [-0.25, -0.2) is 0 Å². The Morgan fingerprint density at radius 2 is 1.76 bits per heavy atom. The highest BCUT2D eigenvalue weighted by Gasteiger charge is 2.22. The summed E-state index contributed by atoms with van der Waals surface area (Å²) in [6.07, 6.45) is 2.89. The Hall–Kier alpha value is -3.96. The van der Waals surface area contributed by atoms with Crippen LogP contribution in [0.25, 0.3) is 0 Å². The second-order valence-electron chi connectivity index (χ2n) is 6.87. The van der Waals surface area contributed by atoms with Crippen molar-refractivity contribution in [2.24, 2.45) is 7.05 Å². The van der Waals surface area contributed by atoms with Crippen molar-refractivity contribution in [3.63, 3.8) is 0 Å². The predicted octanol–water partition coefficient (Wildman–Crippen LogP) is 3.45. The average molecular weight is 462 g/mol. The van der Waals surface area contributed by atoms with Crippen LogP contribution in [0.1, 0.15) is 40.4 Å². The molecule has 3 aromatic rings. The van der Waals surface area contributed by atoms with Gasteiger partial charge in [0, 0.05) is 19.2 Å². The van der Waals surface area contributed by atoms with Crippen LogP contribution in [0.2, 0.25) is 0 Å². The van der Waals surface area contributed by atoms with Crippen LogP contribution in [0.3, 0.4) is 0 Å². The number of aromatic nitrogens is 4. The summed E-state index contributed by atoms with van der Waals surface area (Å²) in [4.78, 5) is 25.8. The Kier molecular flexibility index (Phi) is 7.26. The molecule has 1 aromatic carbocycles. The lowest BCUT2D eigenvalue weighted by Gasteiger charge is -2.13. The number of hydrogen-bond donors (Lipinski definition) is 2. The number of anilines is 2. The molecule has 3 rings (SSSR count). The number of ether oxygens (including phenoxy) is 2. The second kappa shape index (κ2) is 10.1. The van der Waals surface area contributed by atoms with Gasteiger partial charge >= 0.3 is 6.61 Å². The van der Waals surface area contributed by atoms with E-state index in [1.807, 2.05) is 0 Å². The van der Waals surface area contributed by atoms with Crippen molar-refractivity contribution in [1.29, 1.82) is 0 Å². The lowest BCUT2D eigenvalue weighted by atomic mass is 10.2. The molecule has 0 fully saturated rings. The highest BCUT2D eigenvalue weighted by Crippen LogP contribution is 2.30. The highest BCUT2D eigenvalue weighted by atomic mass is 19.3. The molecule has 10 nitrogen and oxygen atoms in total. The Morgan fingerprint density at radius 1 is 1.06 bits per heavy atom. The van der Waals surface area contributed by atoms with Gasteiger partial charge in [-0.1, -0.05) is 0 Å². The van der Waals surface area contributed by atoms with E-state index >= 15 is 0 Å². The topological polar surface area (TPSA) is 112 Å². The summed E-state index contributed by atoms with van der Waals surface area (Å²) in [6.45, 7) is 2.83. The van der Waals surface area contributed by atoms with E-state index in [0.717, 1.165) is 5.69 Å². The summed E-state index contributed by atoms with van der Waals surface area (Å²) in [6, 6.07) is 3.83. The van der Waals surface area contributed by atoms with Gasteiger partial charge in [0.1, 0.15) is 5.69 Å². The predicted molar refractivity (Wildman–Crippen MR) is 116 cm³/mol. The van der Waals surface area contributed by atoms with Gasteiger partial charge in [0.05, 0.1) is 36.1 Å². The van der Waals surface area contributed by atoms with E-state index in [4.69, 9.17) is 4.74 Å². The molecule has 0 saturated heterocycles. The van der Waals surface area contributed by atoms with Crippen LogP contribution in [-0.4, -0.2) is 44.6 Å². The number of carbonyl (C=O) groups excluding carboxylic acids is 2. The average Bonchev–Trinajstić information content (AvgIpc) is 3.32. The zero-order valence-electron chi connectivity index (χ0n) is 18.6. The van der Waals surface area contributed by atoms with Crippen LogP contribution in [-0.2, 0) is 13.6 Å². The molecule has 0 aliphatic carbocycles. The molecule has 0 aliphatic heterocycles. The maximum Gasteiger partial charge on any atom is 0.387 e. The van der Waals surface area contributed by atoms with Crippen LogP contribution < -0.4 is 20.1 Å². The van der Waals surface area contributed by atoms with Crippen LogP contribution in [0.15, 0.2) is 30.6 Å². The SMILES string of the molecule is CCOc1cc(C(=O)Nc2cnn(CC)c2C(=O)Nc2cnn(C)c2C)ccc1OC(F)F. The Balaban J connectivity index is 1.85. The van der Waals surface area contributed by atoms with Gasteiger partial charge in [0.15, 0.2) is 11.5 Å². The minimum absolute atomic E-state index is 0.000257. The Labute approximate surface area is 188 Å². The van der Waals surface area contributed by atoms with Gasteiger partial charge in [-0.3, -0.25) is 19.0 Å².